The predicted molar refractivity (Wildman–Crippen MR) is 122 cm³/mol. The van der Waals surface area contributed by atoms with Gasteiger partial charge in [-0.1, -0.05) is 29.8 Å². The molecule has 9 nitrogen and oxygen atoms in total. The van der Waals surface area contributed by atoms with Crippen molar-refractivity contribution in [3.05, 3.63) is 106 Å². The maximum Gasteiger partial charge on any atom is 0.276 e. The molecule has 1 amide bonds. The van der Waals surface area contributed by atoms with Crippen molar-refractivity contribution in [1.29, 1.82) is 0 Å². The zero-order valence-electron chi connectivity index (χ0n) is 17.1. The van der Waals surface area contributed by atoms with Crippen LogP contribution in [0.3, 0.4) is 0 Å². The molecule has 0 spiro atoms. The summed E-state index contributed by atoms with van der Waals surface area (Å²) >= 11 is 5.87. The van der Waals surface area contributed by atoms with E-state index in [0.29, 0.717) is 16.5 Å². The van der Waals surface area contributed by atoms with Crippen LogP contribution < -0.4 is 14.8 Å². The average Bonchev–Trinajstić information content (AvgIpc) is 3.29. The molecule has 0 aliphatic rings. The van der Waals surface area contributed by atoms with Crippen LogP contribution >= 0.6 is 11.6 Å². The number of aromatic nitrogens is 2. The number of non-ortho nitro benzene ring substituents is 1. The maximum absolute atomic E-state index is 12.6. The Morgan fingerprint density at radius 1 is 1.00 bits per heavy atom. The smallest absolute Gasteiger partial charge is 0.276 e. The van der Waals surface area contributed by atoms with Crippen LogP contribution in [-0.4, -0.2) is 20.6 Å². The molecular formula is C23H17ClN4O5. The van der Waals surface area contributed by atoms with Crippen LogP contribution in [0, 0.1) is 10.1 Å². The molecule has 3 aromatic carbocycles. The maximum atomic E-state index is 12.6. The van der Waals surface area contributed by atoms with Crippen LogP contribution in [0.4, 0.5) is 11.4 Å². The fourth-order valence-corrected chi connectivity index (χ4v) is 2.99. The van der Waals surface area contributed by atoms with Gasteiger partial charge in [-0.3, -0.25) is 14.9 Å². The Balaban J connectivity index is 1.46. The summed E-state index contributed by atoms with van der Waals surface area (Å²) in [5.74, 6) is 0.758. The number of amides is 1. The quantitative estimate of drug-likeness (QED) is 0.271. The number of hydrogen-bond donors (Lipinski definition) is 1. The van der Waals surface area contributed by atoms with Crippen molar-refractivity contribution in [2.45, 2.75) is 6.73 Å². The Kier molecular flexibility index (Phi) is 6.51. The van der Waals surface area contributed by atoms with Crippen LogP contribution in [-0.2, 0) is 6.73 Å². The minimum Gasteiger partial charge on any atom is -0.471 e. The first-order valence-electron chi connectivity index (χ1n) is 9.72. The number of ether oxygens (including phenoxy) is 2. The lowest BCUT2D eigenvalue weighted by atomic mass is 10.2. The number of nitrogens with zero attached hydrogens (tertiary/aromatic N) is 3. The second kappa shape index (κ2) is 9.84. The molecule has 1 heterocycles. The van der Waals surface area contributed by atoms with E-state index in [1.54, 1.807) is 30.5 Å². The van der Waals surface area contributed by atoms with Gasteiger partial charge in [-0.15, -0.1) is 0 Å². The normalized spacial score (nSPS) is 10.5. The molecule has 0 unspecified atom stereocenters. The van der Waals surface area contributed by atoms with Gasteiger partial charge >= 0.3 is 0 Å². The van der Waals surface area contributed by atoms with E-state index in [1.807, 2.05) is 30.3 Å². The molecule has 0 atom stereocenters. The van der Waals surface area contributed by atoms with Crippen LogP contribution in [0.15, 0.2) is 85.1 Å². The second-order valence-corrected chi connectivity index (χ2v) is 7.25. The number of nitro groups is 1. The van der Waals surface area contributed by atoms with E-state index in [0.717, 1.165) is 0 Å². The van der Waals surface area contributed by atoms with Gasteiger partial charge in [-0.05, 0) is 42.5 Å². The highest BCUT2D eigenvalue weighted by Crippen LogP contribution is 2.30. The summed E-state index contributed by atoms with van der Waals surface area (Å²) < 4.78 is 12.7. The van der Waals surface area contributed by atoms with Crippen molar-refractivity contribution in [3.63, 3.8) is 0 Å². The highest BCUT2D eigenvalue weighted by molar-refractivity contribution is 6.30. The molecule has 0 saturated heterocycles. The van der Waals surface area contributed by atoms with Gasteiger partial charge in [0.05, 0.1) is 16.7 Å². The van der Waals surface area contributed by atoms with Crippen LogP contribution in [0.25, 0.3) is 0 Å². The first-order chi connectivity index (χ1) is 16.0. The number of para-hydroxylation sites is 1. The van der Waals surface area contributed by atoms with Crippen molar-refractivity contribution in [2.75, 3.05) is 5.32 Å². The van der Waals surface area contributed by atoms with Crippen molar-refractivity contribution in [1.82, 2.24) is 9.78 Å². The molecule has 0 aliphatic carbocycles. The largest absolute Gasteiger partial charge is 0.471 e. The van der Waals surface area contributed by atoms with Crippen molar-refractivity contribution >= 4 is 28.9 Å². The van der Waals surface area contributed by atoms with Gasteiger partial charge in [-0.2, -0.15) is 5.10 Å². The molecule has 4 aromatic rings. The molecule has 10 heteroatoms. The lowest BCUT2D eigenvalue weighted by Gasteiger charge is -2.09. The van der Waals surface area contributed by atoms with Gasteiger partial charge in [0.15, 0.2) is 12.4 Å². The molecule has 1 N–H and O–H groups in total. The highest BCUT2D eigenvalue weighted by Gasteiger charge is 2.15. The van der Waals surface area contributed by atoms with Gasteiger partial charge in [0.1, 0.15) is 17.2 Å². The van der Waals surface area contributed by atoms with Gasteiger partial charge in [0.2, 0.25) is 0 Å². The van der Waals surface area contributed by atoms with E-state index >= 15 is 0 Å². The summed E-state index contributed by atoms with van der Waals surface area (Å²) in [4.78, 5) is 23.4. The topological polar surface area (TPSA) is 109 Å². The summed E-state index contributed by atoms with van der Waals surface area (Å²) in [7, 11) is 0. The van der Waals surface area contributed by atoms with E-state index in [-0.39, 0.29) is 29.5 Å². The minimum atomic E-state index is -0.569. The lowest BCUT2D eigenvalue weighted by molar-refractivity contribution is -0.384. The Bertz CT molecular complexity index is 1280. The lowest BCUT2D eigenvalue weighted by Crippen LogP contribution is -2.14. The van der Waals surface area contributed by atoms with Gasteiger partial charge in [-0.25, -0.2) is 4.68 Å². The number of nitrogens with one attached hydrogen (secondary N) is 1. The fourth-order valence-electron chi connectivity index (χ4n) is 2.87. The third-order valence-electron chi connectivity index (χ3n) is 4.39. The first kappa shape index (κ1) is 21.8. The molecule has 0 radical (unpaired) electrons. The fraction of sp³-hybridized carbons (Fsp3) is 0.0435. The summed E-state index contributed by atoms with van der Waals surface area (Å²) in [6.07, 6.45) is 1.60. The molecule has 0 bridgehead atoms. The third-order valence-corrected chi connectivity index (χ3v) is 4.64. The molecular weight excluding hydrogens is 448 g/mol. The monoisotopic (exact) mass is 464 g/mol. The van der Waals surface area contributed by atoms with Crippen LogP contribution in [0.2, 0.25) is 5.02 Å². The van der Waals surface area contributed by atoms with E-state index in [9.17, 15) is 14.9 Å². The second-order valence-electron chi connectivity index (χ2n) is 6.81. The van der Waals surface area contributed by atoms with Gasteiger partial charge < -0.3 is 14.8 Å². The molecule has 4 rings (SSSR count). The zero-order valence-corrected chi connectivity index (χ0v) is 17.8. The average molecular weight is 465 g/mol. The van der Waals surface area contributed by atoms with E-state index in [1.165, 1.54) is 28.9 Å². The minimum absolute atomic E-state index is 0.118. The number of nitro benzene ring substituents is 1. The van der Waals surface area contributed by atoms with E-state index in [2.05, 4.69) is 10.4 Å². The Morgan fingerprint density at radius 3 is 2.48 bits per heavy atom. The SMILES string of the molecule is O=C(Nc1cc(Oc2ccc(Cl)cc2)cc([N+](=O)[O-])c1)c1ccn(COc2ccccc2)n1. The van der Waals surface area contributed by atoms with E-state index < -0.39 is 10.8 Å². The number of hydrogen-bond acceptors (Lipinski definition) is 6. The first-order valence-corrected chi connectivity index (χ1v) is 10.1. The van der Waals surface area contributed by atoms with Gasteiger partial charge in [0.25, 0.3) is 11.6 Å². The number of carbonyl (C=O) groups excluding carboxylic acids is 1. The Morgan fingerprint density at radius 2 is 1.76 bits per heavy atom. The number of benzene rings is 3. The molecule has 0 saturated carbocycles. The molecule has 33 heavy (non-hydrogen) atoms. The summed E-state index contributed by atoms with van der Waals surface area (Å²) in [6, 6.07) is 21.2. The number of anilines is 1. The molecule has 1 aromatic heterocycles. The number of halogens is 1. The predicted octanol–water partition coefficient (Wildman–Crippen LogP) is 5.53. The van der Waals surface area contributed by atoms with Gasteiger partial charge in [0, 0.05) is 23.4 Å². The zero-order chi connectivity index (χ0) is 23.2. The third kappa shape index (κ3) is 5.86. The van der Waals surface area contributed by atoms with Crippen molar-refractivity contribution < 1.29 is 19.2 Å². The van der Waals surface area contributed by atoms with Crippen molar-refractivity contribution in [3.8, 4) is 17.2 Å². The molecule has 0 aliphatic heterocycles. The molecule has 0 fully saturated rings. The Labute approximate surface area is 193 Å². The Hall–Kier alpha value is -4.37. The summed E-state index contributed by atoms with van der Waals surface area (Å²) in [5, 5.41) is 18.7. The van der Waals surface area contributed by atoms with Crippen molar-refractivity contribution in [2.24, 2.45) is 0 Å². The number of carbonyl (C=O) groups is 1. The standard InChI is InChI=1S/C23H17ClN4O5/c24-16-6-8-20(9-7-16)33-21-13-17(12-18(14-21)28(30)31)25-23(29)22-10-11-27(26-22)15-32-19-4-2-1-3-5-19/h1-14H,15H2,(H,25,29). The number of rotatable bonds is 8. The van der Waals surface area contributed by atoms with Crippen LogP contribution in [0.1, 0.15) is 10.5 Å². The van der Waals surface area contributed by atoms with Crippen LogP contribution in [0.5, 0.6) is 17.2 Å². The summed E-state index contributed by atoms with van der Waals surface area (Å²) in [5.41, 5.74) is 0.0742. The molecule has 166 valence electrons. The van der Waals surface area contributed by atoms with E-state index in [4.69, 9.17) is 21.1 Å². The highest BCUT2D eigenvalue weighted by atomic mass is 35.5. The summed E-state index contributed by atoms with van der Waals surface area (Å²) in [6.45, 7) is 0.118.